The third-order valence-electron chi connectivity index (χ3n) is 11.1. The lowest BCUT2D eigenvalue weighted by Crippen LogP contribution is -1.94. The van der Waals surface area contributed by atoms with Gasteiger partial charge in [0.15, 0.2) is 0 Å². The van der Waals surface area contributed by atoms with Crippen molar-refractivity contribution in [2.45, 2.75) is 0 Å². The van der Waals surface area contributed by atoms with Gasteiger partial charge in [0.05, 0.1) is 0 Å². The Labute approximate surface area is 307 Å². The molecule has 246 valence electrons. The molecule has 0 bridgehead atoms. The molecule has 10 aromatic carbocycles. The monoisotopic (exact) mass is 672 g/mol. The molecule has 1 heteroatoms. The Morgan fingerprint density at radius 1 is 0.283 bits per heavy atom. The minimum Gasteiger partial charge on any atom is -0.455 e. The highest BCUT2D eigenvalue weighted by Crippen LogP contribution is 2.49. The number of furan rings is 1. The smallest absolute Gasteiger partial charge is 0.143 e. The largest absolute Gasteiger partial charge is 0.455 e. The van der Waals surface area contributed by atoms with Gasteiger partial charge < -0.3 is 4.42 Å². The average molecular weight is 673 g/mol. The minimum absolute atomic E-state index is 0.904. The zero-order valence-corrected chi connectivity index (χ0v) is 28.9. The number of benzene rings is 10. The van der Waals surface area contributed by atoms with Gasteiger partial charge >= 0.3 is 0 Å². The first-order chi connectivity index (χ1) is 26.3. The number of fused-ring (bicyclic) bond motifs is 7. The minimum atomic E-state index is 0.904. The fraction of sp³-hybridized carbons (Fsp3) is 0. The van der Waals surface area contributed by atoms with Crippen LogP contribution in [0, 0.1) is 0 Å². The maximum Gasteiger partial charge on any atom is 0.143 e. The van der Waals surface area contributed by atoms with Crippen molar-refractivity contribution in [2.24, 2.45) is 0 Å². The van der Waals surface area contributed by atoms with Crippen molar-refractivity contribution < 1.29 is 4.42 Å². The molecule has 0 saturated carbocycles. The first-order valence-corrected chi connectivity index (χ1v) is 18.3. The first kappa shape index (κ1) is 29.7. The maximum atomic E-state index is 6.69. The fourth-order valence-electron chi connectivity index (χ4n) is 8.64. The summed E-state index contributed by atoms with van der Waals surface area (Å²) in [6.07, 6.45) is 0. The average Bonchev–Trinajstić information content (AvgIpc) is 3.61. The molecule has 0 N–H and O–H groups in total. The maximum absolute atomic E-state index is 6.69. The molecule has 0 aliphatic carbocycles. The summed E-state index contributed by atoms with van der Waals surface area (Å²) >= 11 is 0. The summed E-state index contributed by atoms with van der Waals surface area (Å²) < 4.78 is 6.69. The van der Waals surface area contributed by atoms with Gasteiger partial charge in [-0.25, -0.2) is 0 Å². The van der Waals surface area contributed by atoms with Gasteiger partial charge in [-0.1, -0.05) is 182 Å². The van der Waals surface area contributed by atoms with E-state index in [2.05, 4.69) is 188 Å². The molecule has 11 aromatic rings. The molecule has 0 unspecified atom stereocenters. The van der Waals surface area contributed by atoms with Gasteiger partial charge in [0, 0.05) is 16.3 Å². The summed E-state index contributed by atoms with van der Waals surface area (Å²) in [5.41, 5.74) is 11.4. The van der Waals surface area contributed by atoms with Crippen molar-refractivity contribution in [3.05, 3.63) is 194 Å². The molecule has 1 aromatic heterocycles. The van der Waals surface area contributed by atoms with Gasteiger partial charge in [-0.05, 0) is 94.2 Å². The van der Waals surface area contributed by atoms with Crippen LogP contribution in [0.4, 0.5) is 0 Å². The summed E-state index contributed by atoms with van der Waals surface area (Å²) in [4.78, 5) is 0. The zero-order chi connectivity index (χ0) is 34.9. The van der Waals surface area contributed by atoms with Crippen LogP contribution in [-0.4, -0.2) is 0 Å². The predicted molar refractivity (Wildman–Crippen MR) is 225 cm³/mol. The van der Waals surface area contributed by atoms with Crippen molar-refractivity contribution in [3.8, 4) is 44.5 Å². The van der Waals surface area contributed by atoms with Crippen LogP contribution in [0.25, 0.3) is 110 Å². The lowest BCUT2D eigenvalue weighted by molar-refractivity contribution is 0.670. The number of hydrogen-bond donors (Lipinski definition) is 0. The van der Waals surface area contributed by atoms with Crippen molar-refractivity contribution in [3.63, 3.8) is 0 Å². The number of para-hydroxylation sites is 2. The molecule has 0 atom stereocenters. The molecular weight excluding hydrogens is 641 g/mol. The Bertz CT molecular complexity index is 3210. The van der Waals surface area contributed by atoms with E-state index < -0.39 is 0 Å². The van der Waals surface area contributed by atoms with E-state index in [-0.39, 0.29) is 0 Å². The standard InChI is InChI=1S/C52H32O/c1-2-14-37-32-38(31-28-33(37)12-1)34-26-29-36(30-27-34)49-42-18-5-6-19-43(42)50(41-20-9-15-35-13-3-4-16-39(35)41)47-24-10-21-44(51(47)49)46-23-11-22-45-40-17-7-8-25-48(40)53-52(45)46/h1-32H. The highest BCUT2D eigenvalue weighted by Gasteiger charge is 2.22. The van der Waals surface area contributed by atoms with Crippen LogP contribution in [0.5, 0.6) is 0 Å². The Kier molecular flexibility index (Phi) is 6.62. The number of rotatable bonds is 4. The Morgan fingerprint density at radius 3 is 1.66 bits per heavy atom. The van der Waals surface area contributed by atoms with Crippen LogP contribution >= 0.6 is 0 Å². The molecule has 11 rings (SSSR count). The molecule has 1 heterocycles. The van der Waals surface area contributed by atoms with Crippen molar-refractivity contribution in [2.75, 3.05) is 0 Å². The van der Waals surface area contributed by atoms with Crippen LogP contribution < -0.4 is 0 Å². The van der Waals surface area contributed by atoms with Gasteiger partial charge in [0.1, 0.15) is 11.2 Å². The van der Waals surface area contributed by atoms with Gasteiger partial charge in [-0.3, -0.25) is 0 Å². The molecule has 53 heavy (non-hydrogen) atoms. The van der Waals surface area contributed by atoms with E-state index in [1.807, 2.05) is 6.07 Å². The summed E-state index contributed by atoms with van der Waals surface area (Å²) in [7, 11) is 0. The van der Waals surface area contributed by atoms with Gasteiger partial charge in [0.2, 0.25) is 0 Å². The van der Waals surface area contributed by atoms with Gasteiger partial charge in [0.25, 0.3) is 0 Å². The van der Waals surface area contributed by atoms with Crippen molar-refractivity contribution in [1.29, 1.82) is 0 Å². The molecule has 0 spiro atoms. The SMILES string of the molecule is c1ccc2cc(-c3ccc(-c4c5ccccc5c(-c5cccc6ccccc56)c5cccc(-c6cccc7c6oc6ccccc67)c45)cc3)ccc2c1. The molecule has 0 saturated heterocycles. The fourth-order valence-corrected chi connectivity index (χ4v) is 8.64. The van der Waals surface area contributed by atoms with Crippen LogP contribution in [0.15, 0.2) is 199 Å². The normalized spacial score (nSPS) is 11.8. The first-order valence-electron chi connectivity index (χ1n) is 18.3. The molecule has 1 nitrogen and oxygen atoms in total. The summed E-state index contributed by atoms with van der Waals surface area (Å²) in [5, 5.41) is 12.2. The summed E-state index contributed by atoms with van der Waals surface area (Å²) in [5.74, 6) is 0. The molecule has 0 radical (unpaired) electrons. The predicted octanol–water partition coefficient (Wildman–Crippen LogP) is 14.9. The summed E-state index contributed by atoms with van der Waals surface area (Å²) in [6, 6.07) is 70.6. The van der Waals surface area contributed by atoms with Crippen LogP contribution in [-0.2, 0) is 0 Å². The van der Waals surface area contributed by atoms with Gasteiger partial charge in [-0.2, -0.15) is 0 Å². The third kappa shape index (κ3) is 4.64. The van der Waals surface area contributed by atoms with E-state index in [0.29, 0.717) is 0 Å². The van der Waals surface area contributed by atoms with Crippen LogP contribution in [0.3, 0.4) is 0 Å². The zero-order valence-electron chi connectivity index (χ0n) is 28.9. The molecule has 0 aliphatic rings. The van der Waals surface area contributed by atoms with E-state index in [9.17, 15) is 0 Å². The van der Waals surface area contributed by atoms with Crippen LogP contribution in [0.1, 0.15) is 0 Å². The Morgan fingerprint density at radius 2 is 0.830 bits per heavy atom. The second kappa shape index (κ2) is 11.8. The highest BCUT2D eigenvalue weighted by atomic mass is 16.3. The molecule has 0 fully saturated rings. The lowest BCUT2D eigenvalue weighted by Gasteiger charge is -2.21. The van der Waals surface area contributed by atoms with Crippen molar-refractivity contribution >= 4 is 65.0 Å². The van der Waals surface area contributed by atoms with Gasteiger partial charge in [-0.15, -0.1) is 0 Å². The van der Waals surface area contributed by atoms with Crippen LogP contribution in [0.2, 0.25) is 0 Å². The van der Waals surface area contributed by atoms with E-state index in [1.165, 1.54) is 76.5 Å². The quantitative estimate of drug-likeness (QED) is 0.170. The number of hydrogen-bond acceptors (Lipinski definition) is 1. The third-order valence-corrected chi connectivity index (χ3v) is 11.1. The Balaban J connectivity index is 1.24. The van der Waals surface area contributed by atoms with E-state index in [4.69, 9.17) is 4.42 Å². The van der Waals surface area contributed by atoms with Crippen molar-refractivity contribution in [1.82, 2.24) is 0 Å². The van der Waals surface area contributed by atoms with E-state index >= 15 is 0 Å². The lowest BCUT2D eigenvalue weighted by atomic mass is 9.82. The van der Waals surface area contributed by atoms with E-state index in [0.717, 1.165) is 33.1 Å². The van der Waals surface area contributed by atoms with E-state index in [1.54, 1.807) is 0 Å². The topological polar surface area (TPSA) is 13.1 Å². The summed E-state index contributed by atoms with van der Waals surface area (Å²) in [6.45, 7) is 0. The Hall–Kier alpha value is -6.96. The second-order valence-electron chi connectivity index (χ2n) is 14.0. The molecule has 0 aliphatic heterocycles. The molecular formula is C52H32O. The highest BCUT2D eigenvalue weighted by molar-refractivity contribution is 6.27. The second-order valence-corrected chi connectivity index (χ2v) is 14.0. The molecule has 0 amide bonds.